The lowest BCUT2D eigenvalue weighted by atomic mass is 9.84. The van der Waals surface area contributed by atoms with Gasteiger partial charge < -0.3 is 5.32 Å². The van der Waals surface area contributed by atoms with E-state index in [2.05, 4.69) is 20.0 Å². The summed E-state index contributed by atoms with van der Waals surface area (Å²) in [5.41, 5.74) is 2.04. The van der Waals surface area contributed by atoms with Crippen molar-refractivity contribution in [1.82, 2.24) is 14.7 Å². The van der Waals surface area contributed by atoms with Crippen molar-refractivity contribution in [2.75, 3.05) is 5.32 Å². The van der Waals surface area contributed by atoms with Crippen molar-refractivity contribution in [2.45, 2.75) is 43.5 Å². The van der Waals surface area contributed by atoms with Gasteiger partial charge in [-0.2, -0.15) is 0 Å². The summed E-state index contributed by atoms with van der Waals surface area (Å²) in [7, 11) is -3.62. The van der Waals surface area contributed by atoms with Crippen LogP contribution < -0.4 is 10.0 Å². The minimum Gasteiger partial charge on any atom is -0.321 e. The summed E-state index contributed by atoms with van der Waals surface area (Å²) in [6.45, 7) is 1.97. The minimum atomic E-state index is -3.62. The van der Waals surface area contributed by atoms with E-state index in [1.54, 1.807) is 18.2 Å². The molecule has 2 saturated carbocycles. The van der Waals surface area contributed by atoms with E-state index in [9.17, 15) is 13.2 Å². The predicted molar refractivity (Wildman–Crippen MR) is 123 cm³/mol. The second-order valence-corrected chi connectivity index (χ2v) is 10.7. The molecule has 3 aromatic rings. The molecule has 1 heterocycles. The van der Waals surface area contributed by atoms with Gasteiger partial charge in [-0.05, 0) is 80.3 Å². The molecule has 5 rings (SSSR count). The summed E-state index contributed by atoms with van der Waals surface area (Å²) in [6, 6.07) is 13.4. The Hall–Kier alpha value is -2.84. The summed E-state index contributed by atoms with van der Waals surface area (Å²) in [6.07, 6.45) is 6.30. The van der Waals surface area contributed by atoms with Crippen LogP contribution in [0.15, 0.2) is 59.6 Å². The van der Waals surface area contributed by atoms with Crippen LogP contribution >= 0.6 is 0 Å². The summed E-state index contributed by atoms with van der Waals surface area (Å²) in [4.78, 5) is 21.3. The van der Waals surface area contributed by atoms with E-state index in [1.165, 1.54) is 37.6 Å². The lowest BCUT2D eigenvalue weighted by molar-refractivity contribution is 0.102. The van der Waals surface area contributed by atoms with E-state index in [1.807, 2.05) is 25.1 Å². The highest BCUT2D eigenvalue weighted by Gasteiger charge is 2.42. The normalized spacial score (nSPS) is 23.3. The van der Waals surface area contributed by atoms with Gasteiger partial charge in [0.2, 0.25) is 10.0 Å². The van der Waals surface area contributed by atoms with Crippen LogP contribution in [0.1, 0.15) is 43.1 Å². The third-order valence-electron chi connectivity index (χ3n) is 6.88. The Labute approximate surface area is 187 Å². The summed E-state index contributed by atoms with van der Waals surface area (Å²) < 4.78 is 28.6. The first-order valence-corrected chi connectivity index (χ1v) is 12.5. The van der Waals surface area contributed by atoms with E-state index in [-0.39, 0.29) is 16.6 Å². The molecule has 4 unspecified atom stereocenters. The molecule has 1 aromatic heterocycles. The van der Waals surface area contributed by atoms with Crippen LogP contribution in [0.2, 0.25) is 0 Å². The molecule has 0 radical (unpaired) electrons. The zero-order chi connectivity index (χ0) is 22.3. The zero-order valence-electron chi connectivity index (χ0n) is 17.9. The fourth-order valence-corrected chi connectivity index (χ4v) is 6.58. The van der Waals surface area contributed by atoms with Crippen molar-refractivity contribution >= 4 is 32.7 Å². The second-order valence-electron chi connectivity index (χ2n) is 8.97. The lowest BCUT2D eigenvalue weighted by Crippen LogP contribution is -2.40. The average molecular weight is 451 g/mol. The monoisotopic (exact) mass is 450 g/mol. The number of benzene rings is 2. The van der Waals surface area contributed by atoms with Crippen LogP contribution in [0.3, 0.4) is 0 Å². The minimum absolute atomic E-state index is 0.0823. The van der Waals surface area contributed by atoms with E-state index >= 15 is 0 Å². The smallest absolute Gasteiger partial charge is 0.275 e. The number of aromatic nitrogens is 2. The number of hydrogen-bond donors (Lipinski definition) is 2. The first-order valence-electron chi connectivity index (χ1n) is 11.0. The van der Waals surface area contributed by atoms with Crippen molar-refractivity contribution in [2.24, 2.45) is 17.8 Å². The van der Waals surface area contributed by atoms with E-state index < -0.39 is 15.9 Å². The lowest BCUT2D eigenvalue weighted by Gasteiger charge is -2.28. The molecule has 7 nitrogen and oxygen atoms in total. The first-order chi connectivity index (χ1) is 15.4. The maximum absolute atomic E-state index is 12.9. The Morgan fingerprint density at radius 3 is 2.47 bits per heavy atom. The van der Waals surface area contributed by atoms with Crippen molar-refractivity contribution in [3.05, 3.63) is 60.4 Å². The van der Waals surface area contributed by atoms with Gasteiger partial charge in [0, 0.05) is 11.7 Å². The SMILES string of the molecule is CC(NS(=O)(=O)c1ccc(NC(=O)c2cnc3ccccc3n2)cc1)C1CC2CCC1C2. The number of fused-ring (bicyclic) bond motifs is 3. The van der Waals surface area contributed by atoms with Crippen molar-refractivity contribution < 1.29 is 13.2 Å². The molecule has 1 amide bonds. The summed E-state index contributed by atoms with van der Waals surface area (Å²) in [5.74, 6) is 1.44. The van der Waals surface area contributed by atoms with Gasteiger partial charge >= 0.3 is 0 Å². The van der Waals surface area contributed by atoms with Crippen LogP contribution in [-0.2, 0) is 10.0 Å². The number of amides is 1. The number of hydrogen-bond acceptors (Lipinski definition) is 5. The molecule has 2 N–H and O–H groups in total. The number of sulfonamides is 1. The molecule has 2 aromatic carbocycles. The summed E-state index contributed by atoms with van der Waals surface area (Å²) in [5, 5.41) is 2.75. The Bertz CT molecular complexity index is 1260. The molecular formula is C24H26N4O3S. The molecule has 2 aliphatic rings. The Balaban J connectivity index is 1.25. The maximum Gasteiger partial charge on any atom is 0.275 e. The molecule has 2 fully saturated rings. The van der Waals surface area contributed by atoms with Crippen LogP contribution in [0.4, 0.5) is 5.69 Å². The van der Waals surface area contributed by atoms with E-state index in [4.69, 9.17) is 0 Å². The number of carbonyl (C=O) groups excluding carboxylic acids is 1. The van der Waals surface area contributed by atoms with Crippen LogP contribution in [0.25, 0.3) is 11.0 Å². The van der Waals surface area contributed by atoms with Gasteiger partial charge in [0.25, 0.3) is 5.91 Å². The molecule has 0 saturated heterocycles. The van der Waals surface area contributed by atoms with Gasteiger partial charge in [-0.15, -0.1) is 0 Å². The highest BCUT2D eigenvalue weighted by molar-refractivity contribution is 7.89. The van der Waals surface area contributed by atoms with Gasteiger partial charge in [0.05, 0.1) is 22.1 Å². The Morgan fingerprint density at radius 2 is 1.78 bits per heavy atom. The number of nitrogens with zero attached hydrogens (tertiary/aromatic N) is 2. The quantitative estimate of drug-likeness (QED) is 0.591. The highest BCUT2D eigenvalue weighted by Crippen LogP contribution is 2.49. The Morgan fingerprint density at radius 1 is 1.03 bits per heavy atom. The molecule has 8 heteroatoms. The molecule has 166 valence electrons. The fourth-order valence-electron chi connectivity index (χ4n) is 5.29. The molecule has 2 bridgehead atoms. The molecule has 2 aliphatic carbocycles. The number of carbonyl (C=O) groups is 1. The second kappa shape index (κ2) is 8.26. The average Bonchev–Trinajstić information content (AvgIpc) is 3.43. The number of para-hydroxylation sites is 2. The highest BCUT2D eigenvalue weighted by atomic mass is 32.2. The van der Waals surface area contributed by atoms with Crippen molar-refractivity contribution in [1.29, 1.82) is 0 Å². The Kier molecular flexibility index (Phi) is 5.43. The van der Waals surface area contributed by atoms with Crippen LogP contribution in [-0.4, -0.2) is 30.3 Å². The van der Waals surface area contributed by atoms with Crippen molar-refractivity contribution in [3.63, 3.8) is 0 Å². The van der Waals surface area contributed by atoms with Gasteiger partial charge in [-0.25, -0.2) is 18.1 Å². The molecule has 0 aliphatic heterocycles. The first kappa shape index (κ1) is 21.0. The number of nitrogens with one attached hydrogen (secondary N) is 2. The molecular weight excluding hydrogens is 424 g/mol. The van der Waals surface area contributed by atoms with Gasteiger partial charge in [-0.1, -0.05) is 18.6 Å². The van der Waals surface area contributed by atoms with Crippen LogP contribution in [0.5, 0.6) is 0 Å². The standard InChI is InChI=1S/C24H26N4O3S/c1-15(20-13-16-6-7-17(20)12-16)28-32(30,31)19-10-8-18(9-11-19)26-24(29)23-14-25-21-4-2-3-5-22(21)27-23/h2-5,8-11,14-17,20,28H,6-7,12-13H2,1H3,(H,26,29). The zero-order valence-corrected chi connectivity index (χ0v) is 18.7. The fraction of sp³-hybridized carbons (Fsp3) is 0.375. The number of anilines is 1. The molecule has 4 atom stereocenters. The molecule has 0 spiro atoms. The third kappa shape index (κ3) is 4.12. The largest absolute Gasteiger partial charge is 0.321 e. The van der Waals surface area contributed by atoms with Gasteiger partial charge in [0.15, 0.2) is 0 Å². The predicted octanol–water partition coefficient (Wildman–Crippen LogP) is 3.99. The third-order valence-corrected chi connectivity index (χ3v) is 8.45. The van der Waals surface area contributed by atoms with Gasteiger partial charge in [0.1, 0.15) is 5.69 Å². The van der Waals surface area contributed by atoms with Gasteiger partial charge in [-0.3, -0.25) is 9.78 Å². The maximum atomic E-state index is 12.9. The van der Waals surface area contributed by atoms with E-state index in [0.717, 1.165) is 12.3 Å². The topological polar surface area (TPSA) is 101 Å². The molecule has 32 heavy (non-hydrogen) atoms. The number of rotatable bonds is 6. The van der Waals surface area contributed by atoms with E-state index in [0.29, 0.717) is 28.6 Å². The van der Waals surface area contributed by atoms with Crippen LogP contribution in [0, 0.1) is 17.8 Å². The van der Waals surface area contributed by atoms with Crippen molar-refractivity contribution in [3.8, 4) is 0 Å². The summed E-state index contributed by atoms with van der Waals surface area (Å²) >= 11 is 0.